The number of nitro benzene ring substituents is 1. The molecule has 1 heterocycles. The number of ether oxygens (including phenoxy) is 1. The molecule has 10 heteroatoms. The van der Waals surface area contributed by atoms with E-state index in [0.717, 1.165) is 5.56 Å². The van der Waals surface area contributed by atoms with Crippen molar-refractivity contribution in [3.63, 3.8) is 0 Å². The Morgan fingerprint density at radius 1 is 1.22 bits per heavy atom. The minimum atomic E-state index is -0.781. The molecule has 27 heavy (non-hydrogen) atoms. The van der Waals surface area contributed by atoms with Gasteiger partial charge >= 0.3 is 0 Å². The van der Waals surface area contributed by atoms with Crippen molar-refractivity contribution < 1.29 is 14.8 Å². The number of aliphatic hydroxyl groups excluding tert-OH is 1. The van der Waals surface area contributed by atoms with Gasteiger partial charge in [-0.3, -0.25) is 10.1 Å². The lowest BCUT2D eigenvalue weighted by molar-refractivity contribution is -0.384. The van der Waals surface area contributed by atoms with Gasteiger partial charge in [-0.2, -0.15) is 0 Å². The molecule has 0 aliphatic carbocycles. The van der Waals surface area contributed by atoms with Crippen molar-refractivity contribution in [2.24, 2.45) is 0 Å². The first-order chi connectivity index (χ1) is 13.1. The zero-order valence-corrected chi connectivity index (χ0v) is 15.0. The number of aromatic nitrogens is 4. The van der Waals surface area contributed by atoms with Crippen LogP contribution in [0.25, 0.3) is 0 Å². The van der Waals surface area contributed by atoms with Gasteiger partial charge in [0.25, 0.3) is 5.69 Å². The third-order valence-corrected chi connectivity index (χ3v) is 4.65. The second-order valence-corrected chi connectivity index (χ2v) is 6.62. The van der Waals surface area contributed by atoms with E-state index in [-0.39, 0.29) is 12.3 Å². The number of tetrazole rings is 1. The van der Waals surface area contributed by atoms with Crippen LogP contribution in [0.5, 0.6) is 5.75 Å². The molecule has 0 saturated heterocycles. The third kappa shape index (κ3) is 5.50. The summed E-state index contributed by atoms with van der Waals surface area (Å²) in [6.45, 7) is 0.546. The van der Waals surface area contributed by atoms with Gasteiger partial charge in [-0.15, -0.1) is 5.10 Å². The van der Waals surface area contributed by atoms with E-state index < -0.39 is 11.0 Å². The molecule has 0 amide bonds. The van der Waals surface area contributed by atoms with E-state index in [4.69, 9.17) is 4.74 Å². The van der Waals surface area contributed by atoms with Crippen LogP contribution in [-0.4, -0.2) is 48.7 Å². The molecule has 0 spiro atoms. The van der Waals surface area contributed by atoms with E-state index in [9.17, 15) is 15.2 Å². The number of hydrogen-bond donors (Lipinski definition) is 1. The summed E-state index contributed by atoms with van der Waals surface area (Å²) < 4.78 is 7.09. The molecule has 9 nitrogen and oxygen atoms in total. The highest BCUT2D eigenvalue weighted by Crippen LogP contribution is 2.20. The molecule has 1 atom stereocenters. The summed E-state index contributed by atoms with van der Waals surface area (Å²) in [4.78, 5) is 10.3. The zero-order valence-electron chi connectivity index (χ0n) is 14.2. The minimum Gasteiger partial charge on any atom is -0.491 e. The van der Waals surface area contributed by atoms with E-state index in [1.165, 1.54) is 30.0 Å². The van der Waals surface area contributed by atoms with E-state index in [1.54, 1.807) is 10.7 Å². The van der Waals surface area contributed by atoms with Crippen LogP contribution in [0.2, 0.25) is 0 Å². The Morgan fingerprint density at radius 3 is 2.81 bits per heavy atom. The lowest BCUT2D eigenvalue weighted by Gasteiger charge is -2.12. The van der Waals surface area contributed by atoms with Crippen LogP contribution in [0.1, 0.15) is 5.56 Å². The molecule has 140 valence electrons. The maximum atomic E-state index is 10.8. The molecule has 0 saturated carbocycles. The SMILES string of the molecule is O=[N+]([O-])c1cccc(OC[C@H](O)CSc2nnnn2Cc2ccccc2)c1. The van der Waals surface area contributed by atoms with Crippen LogP contribution in [-0.2, 0) is 6.54 Å². The molecule has 3 aromatic rings. The summed E-state index contributed by atoms with van der Waals surface area (Å²) in [6.07, 6.45) is -0.781. The number of thioether (sulfide) groups is 1. The predicted molar refractivity (Wildman–Crippen MR) is 98.7 cm³/mol. The van der Waals surface area contributed by atoms with E-state index >= 15 is 0 Å². The van der Waals surface area contributed by atoms with Gasteiger partial charge in [-0.25, -0.2) is 4.68 Å². The van der Waals surface area contributed by atoms with Crippen LogP contribution >= 0.6 is 11.8 Å². The largest absolute Gasteiger partial charge is 0.491 e. The highest BCUT2D eigenvalue weighted by atomic mass is 32.2. The van der Waals surface area contributed by atoms with Crippen LogP contribution < -0.4 is 4.74 Å². The van der Waals surface area contributed by atoms with Gasteiger partial charge in [0.1, 0.15) is 12.4 Å². The Balaban J connectivity index is 1.50. The molecule has 1 aromatic heterocycles. The molecule has 0 radical (unpaired) electrons. The maximum absolute atomic E-state index is 10.8. The summed E-state index contributed by atoms with van der Waals surface area (Å²) in [6, 6.07) is 15.6. The molecule has 0 aliphatic heterocycles. The quantitative estimate of drug-likeness (QED) is 0.337. The van der Waals surface area contributed by atoms with Crippen LogP contribution in [0.4, 0.5) is 5.69 Å². The number of non-ortho nitro benzene ring substituents is 1. The normalized spacial score (nSPS) is 11.9. The van der Waals surface area contributed by atoms with Gasteiger partial charge in [0, 0.05) is 11.8 Å². The monoisotopic (exact) mass is 387 g/mol. The summed E-state index contributed by atoms with van der Waals surface area (Å²) >= 11 is 1.31. The van der Waals surface area contributed by atoms with Crippen molar-refractivity contribution >= 4 is 17.4 Å². The fraction of sp³-hybridized carbons (Fsp3) is 0.235. The standard InChI is InChI=1S/C17H17N5O4S/c23-15(11-26-16-8-4-7-14(9-16)22(24)25)12-27-17-18-19-20-21(17)10-13-5-2-1-3-6-13/h1-9,15,23H,10-12H2/t15-/m0/s1. The maximum Gasteiger partial charge on any atom is 0.273 e. The number of benzene rings is 2. The highest BCUT2D eigenvalue weighted by molar-refractivity contribution is 7.99. The van der Waals surface area contributed by atoms with E-state index in [2.05, 4.69) is 15.5 Å². The first-order valence-electron chi connectivity index (χ1n) is 8.10. The fourth-order valence-corrected chi connectivity index (χ4v) is 3.04. The van der Waals surface area contributed by atoms with Crippen molar-refractivity contribution in [1.82, 2.24) is 20.2 Å². The molecular weight excluding hydrogens is 370 g/mol. The molecule has 0 aliphatic rings. The smallest absolute Gasteiger partial charge is 0.273 e. The van der Waals surface area contributed by atoms with E-state index in [1.807, 2.05) is 30.3 Å². The topological polar surface area (TPSA) is 116 Å². The Hall–Kier alpha value is -2.98. The van der Waals surface area contributed by atoms with Crippen LogP contribution in [0.3, 0.4) is 0 Å². The van der Waals surface area contributed by atoms with Gasteiger partial charge in [0.15, 0.2) is 0 Å². The number of hydrogen-bond acceptors (Lipinski definition) is 8. The zero-order chi connectivity index (χ0) is 19.1. The molecule has 3 rings (SSSR count). The Labute approximate surface area is 159 Å². The molecule has 2 aromatic carbocycles. The minimum absolute atomic E-state index is 0.00835. The summed E-state index contributed by atoms with van der Waals surface area (Å²) in [7, 11) is 0. The van der Waals surface area contributed by atoms with Crippen LogP contribution in [0, 0.1) is 10.1 Å². The molecule has 0 fully saturated rings. The van der Waals surface area contributed by atoms with Crippen LogP contribution in [0.15, 0.2) is 59.8 Å². The van der Waals surface area contributed by atoms with Crippen molar-refractivity contribution in [1.29, 1.82) is 0 Å². The highest BCUT2D eigenvalue weighted by Gasteiger charge is 2.13. The number of nitro groups is 1. The third-order valence-electron chi connectivity index (χ3n) is 3.55. The number of rotatable bonds is 9. The van der Waals surface area contributed by atoms with Gasteiger partial charge in [-0.1, -0.05) is 48.2 Å². The van der Waals surface area contributed by atoms with Crippen molar-refractivity contribution in [2.45, 2.75) is 17.8 Å². The van der Waals surface area contributed by atoms with Crippen molar-refractivity contribution in [3.8, 4) is 5.75 Å². The molecule has 1 N–H and O–H groups in total. The van der Waals surface area contributed by atoms with Gasteiger partial charge in [0.05, 0.1) is 23.6 Å². The van der Waals surface area contributed by atoms with E-state index in [0.29, 0.717) is 23.2 Å². The van der Waals surface area contributed by atoms with Gasteiger partial charge < -0.3 is 9.84 Å². The summed E-state index contributed by atoms with van der Waals surface area (Å²) in [5.74, 6) is 0.659. The summed E-state index contributed by atoms with van der Waals surface area (Å²) in [5.41, 5.74) is 1.01. The molecule has 0 unspecified atom stereocenters. The Morgan fingerprint density at radius 2 is 2.04 bits per heavy atom. The Kier molecular flexibility index (Phi) is 6.34. The van der Waals surface area contributed by atoms with Crippen molar-refractivity contribution in [2.75, 3.05) is 12.4 Å². The second kappa shape index (κ2) is 9.10. The predicted octanol–water partition coefficient (Wildman–Crippen LogP) is 2.16. The first kappa shape index (κ1) is 18.8. The average molecular weight is 387 g/mol. The second-order valence-electron chi connectivity index (χ2n) is 5.64. The number of nitrogens with zero attached hydrogens (tertiary/aromatic N) is 5. The number of aliphatic hydroxyl groups is 1. The Bertz CT molecular complexity index is 890. The molecule has 0 bridgehead atoms. The molecular formula is C17H17N5O4S. The van der Waals surface area contributed by atoms with Gasteiger partial charge in [0.2, 0.25) is 5.16 Å². The lowest BCUT2D eigenvalue weighted by atomic mass is 10.2. The fourth-order valence-electron chi connectivity index (χ4n) is 2.25. The van der Waals surface area contributed by atoms with Crippen molar-refractivity contribution in [3.05, 3.63) is 70.3 Å². The average Bonchev–Trinajstić information content (AvgIpc) is 3.12. The first-order valence-corrected chi connectivity index (χ1v) is 9.08. The van der Waals surface area contributed by atoms with Gasteiger partial charge in [-0.05, 0) is 22.1 Å². The lowest BCUT2D eigenvalue weighted by Crippen LogP contribution is -2.20. The summed E-state index contributed by atoms with van der Waals surface area (Å²) in [5, 5.41) is 33.1.